The Morgan fingerprint density at radius 3 is 2.56 bits per heavy atom. The first-order valence-electron chi connectivity index (χ1n) is 9.81. The van der Waals surface area contributed by atoms with Crippen LogP contribution in [0.4, 0.5) is 0 Å². The van der Waals surface area contributed by atoms with Crippen LogP contribution in [0.25, 0.3) is 0 Å². The molecule has 0 unspecified atom stereocenters. The number of carbonyl (C=O) groups is 1. The number of nitrogens with one attached hydrogen (secondary N) is 1. The highest BCUT2D eigenvalue weighted by Gasteiger charge is 2.12. The van der Waals surface area contributed by atoms with E-state index in [9.17, 15) is 4.79 Å². The molecule has 0 saturated carbocycles. The average Bonchev–Trinajstić information content (AvgIpc) is 2.79. The summed E-state index contributed by atoms with van der Waals surface area (Å²) < 4.78 is 17.7. The fourth-order valence-electron chi connectivity index (χ4n) is 2.82. The second-order valence-electron chi connectivity index (χ2n) is 6.57. The molecule has 0 aliphatic heterocycles. The summed E-state index contributed by atoms with van der Waals surface area (Å²) in [5.41, 5.74) is 4.65. The maximum absolute atomic E-state index is 12.3. The normalized spacial score (nSPS) is 10.8. The molecule has 0 fully saturated rings. The molecule has 0 aromatic heterocycles. The van der Waals surface area contributed by atoms with Gasteiger partial charge >= 0.3 is 0 Å². The summed E-state index contributed by atoms with van der Waals surface area (Å²) in [6.45, 7) is 2.79. The largest absolute Gasteiger partial charge is 0.494 e. The van der Waals surface area contributed by atoms with Crippen LogP contribution in [-0.4, -0.2) is 25.8 Å². The van der Waals surface area contributed by atoms with Gasteiger partial charge in [-0.3, -0.25) is 4.79 Å². The first-order chi connectivity index (χ1) is 15.5. The van der Waals surface area contributed by atoms with Gasteiger partial charge in [-0.1, -0.05) is 29.8 Å². The lowest BCUT2D eigenvalue weighted by atomic mass is 10.2. The first kappa shape index (κ1) is 23.9. The van der Waals surface area contributed by atoms with Gasteiger partial charge in [-0.2, -0.15) is 5.10 Å². The van der Waals surface area contributed by atoms with Crippen molar-refractivity contribution in [3.05, 3.63) is 85.9 Å². The van der Waals surface area contributed by atoms with Crippen molar-refractivity contribution >= 4 is 46.3 Å². The van der Waals surface area contributed by atoms with Gasteiger partial charge < -0.3 is 14.2 Å². The minimum absolute atomic E-state index is 0.314. The Balaban J connectivity index is 1.66. The number of methoxy groups -OCH3 is 1. The number of rotatable bonds is 9. The van der Waals surface area contributed by atoms with Gasteiger partial charge in [-0.25, -0.2) is 5.43 Å². The minimum atomic E-state index is -0.314. The Labute approximate surface area is 205 Å². The molecule has 32 heavy (non-hydrogen) atoms. The third-order valence-electron chi connectivity index (χ3n) is 4.39. The van der Waals surface area contributed by atoms with Crippen molar-refractivity contribution in [1.29, 1.82) is 0 Å². The number of hydrazone groups is 1. The number of carbonyl (C=O) groups excluding carboxylic acids is 1. The Hall–Kier alpha value is -2.78. The second kappa shape index (κ2) is 11.7. The number of benzene rings is 3. The van der Waals surface area contributed by atoms with Crippen molar-refractivity contribution in [2.75, 3.05) is 13.7 Å². The van der Waals surface area contributed by atoms with Crippen LogP contribution in [0, 0.1) is 3.57 Å². The van der Waals surface area contributed by atoms with Gasteiger partial charge in [0.1, 0.15) is 12.4 Å². The standard InChI is InChI=1S/C24H22ClIN2O4/c1-3-31-19-10-8-17(9-11-19)24(29)28-27-14-16-12-21(26)23(22(13-16)30-2)32-15-18-6-4-5-7-20(18)25/h4-14H,3,15H2,1-2H3,(H,28,29)/b27-14+. The van der Waals surface area contributed by atoms with E-state index >= 15 is 0 Å². The van der Waals surface area contributed by atoms with Crippen molar-refractivity contribution in [3.8, 4) is 17.2 Å². The summed E-state index contributed by atoms with van der Waals surface area (Å²) in [5, 5.41) is 4.70. The highest BCUT2D eigenvalue weighted by Crippen LogP contribution is 2.34. The van der Waals surface area contributed by atoms with E-state index in [2.05, 4.69) is 33.1 Å². The van der Waals surface area contributed by atoms with Crippen LogP contribution in [-0.2, 0) is 6.61 Å². The summed E-state index contributed by atoms with van der Waals surface area (Å²) in [4.78, 5) is 12.3. The van der Waals surface area contributed by atoms with E-state index in [4.69, 9.17) is 25.8 Å². The molecule has 166 valence electrons. The Kier molecular flexibility index (Phi) is 8.75. The molecule has 0 radical (unpaired) electrons. The van der Waals surface area contributed by atoms with Crippen molar-refractivity contribution in [2.24, 2.45) is 5.10 Å². The summed E-state index contributed by atoms with van der Waals surface area (Å²) in [7, 11) is 1.57. The molecule has 0 aliphatic rings. The van der Waals surface area contributed by atoms with E-state index < -0.39 is 0 Å². The molecule has 0 aliphatic carbocycles. The van der Waals surface area contributed by atoms with Gasteiger partial charge in [0.2, 0.25) is 0 Å². The van der Waals surface area contributed by atoms with Gasteiger partial charge in [0, 0.05) is 16.1 Å². The van der Waals surface area contributed by atoms with Crippen molar-refractivity contribution in [1.82, 2.24) is 5.43 Å². The topological polar surface area (TPSA) is 69.2 Å². The molecule has 0 bridgehead atoms. The first-order valence-corrected chi connectivity index (χ1v) is 11.3. The van der Waals surface area contributed by atoms with E-state index in [1.807, 2.05) is 37.3 Å². The minimum Gasteiger partial charge on any atom is -0.494 e. The molecule has 0 spiro atoms. The average molecular weight is 565 g/mol. The third kappa shape index (κ3) is 6.37. The highest BCUT2D eigenvalue weighted by atomic mass is 127. The fourth-order valence-corrected chi connectivity index (χ4v) is 3.79. The van der Waals surface area contributed by atoms with Crippen LogP contribution in [0.15, 0.2) is 65.8 Å². The molecule has 3 aromatic carbocycles. The maximum Gasteiger partial charge on any atom is 0.271 e. The molecule has 0 heterocycles. The smallest absolute Gasteiger partial charge is 0.271 e. The molecule has 0 saturated heterocycles. The Bertz CT molecular complexity index is 1100. The maximum atomic E-state index is 12.3. The van der Waals surface area contributed by atoms with E-state index in [0.717, 1.165) is 14.7 Å². The van der Waals surface area contributed by atoms with Crippen molar-refractivity contribution in [2.45, 2.75) is 13.5 Å². The molecular weight excluding hydrogens is 543 g/mol. The monoisotopic (exact) mass is 564 g/mol. The molecule has 0 atom stereocenters. The van der Waals surface area contributed by atoms with E-state index in [-0.39, 0.29) is 5.91 Å². The number of ether oxygens (including phenoxy) is 3. The highest BCUT2D eigenvalue weighted by molar-refractivity contribution is 14.1. The summed E-state index contributed by atoms with van der Waals surface area (Å²) in [5.74, 6) is 1.57. The van der Waals surface area contributed by atoms with Gasteiger partial charge in [-0.05, 0) is 77.5 Å². The summed E-state index contributed by atoms with van der Waals surface area (Å²) in [6.07, 6.45) is 1.55. The van der Waals surface area contributed by atoms with Gasteiger partial charge in [-0.15, -0.1) is 0 Å². The van der Waals surface area contributed by atoms with Crippen molar-refractivity contribution < 1.29 is 19.0 Å². The molecule has 3 rings (SSSR count). The zero-order valence-electron chi connectivity index (χ0n) is 17.6. The van der Waals surface area contributed by atoms with Crippen LogP contribution in [0.3, 0.4) is 0 Å². The van der Waals surface area contributed by atoms with Crippen molar-refractivity contribution in [3.63, 3.8) is 0 Å². The Morgan fingerprint density at radius 2 is 1.88 bits per heavy atom. The molecular formula is C24H22ClIN2O4. The molecule has 1 amide bonds. The molecule has 3 aromatic rings. The predicted molar refractivity (Wildman–Crippen MR) is 134 cm³/mol. The Morgan fingerprint density at radius 1 is 1.12 bits per heavy atom. The lowest BCUT2D eigenvalue weighted by molar-refractivity contribution is 0.0955. The lowest BCUT2D eigenvalue weighted by Crippen LogP contribution is -2.17. The van der Waals surface area contributed by atoms with Gasteiger partial charge in [0.25, 0.3) is 5.91 Å². The number of amides is 1. The number of halogens is 2. The van der Waals surface area contributed by atoms with E-state index in [1.54, 1.807) is 43.7 Å². The van der Waals surface area contributed by atoms with E-state index in [0.29, 0.717) is 41.0 Å². The number of hydrogen-bond donors (Lipinski definition) is 1. The summed E-state index contributed by atoms with van der Waals surface area (Å²) >= 11 is 8.38. The van der Waals surface area contributed by atoms with Gasteiger partial charge in [0.15, 0.2) is 11.5 Å². The zero-order valence-corrected chi connectivity index (χ0v) is 20.5. The predicted octanol–water partition coefficient (Wildman–Crippen LogP) is 5.69. The zero-order chi connectivity index (χ0) is 22.9. The van der Waals surface area contributed by atoms with E-state index in [1.165, 1.54) is 0 Å². The van der Waals surface area contributed by atoms with Gasteiger partial charge in [0.05, 0.1) is 23.5 Å². The van der Waals surface area contributed by atoms with Crippen LogP contribution >= 0.6 is 34.2 Å². The quantitative estimate of drug-likeness (QED) is 0.206. The van der Waals surface area contributed by atoms with Crippen LogP contribution in [0.2, 0.25) is 5.02 Å². The molecule has 8 heteroatoms. The number of hydrogen-bond acceptors (Lipinski definition) is 5. The SMILES string of the molecule is CCOc1ccc(C(=O)N/N=C/c2cc(I)c(OCc3ccccc3Cl)c(OC)c2)cc1. The second-order valence-corrected chi connectivity index (χ2v) is 8.14. The van der Waals surface area contributed by atoms with Crippen LogP contribution in [0.1, 0.15) is 28.4 Å². The third-order valence-corrected chi connectivity index (χ3v) is 5.56. The molecule has 1 N–H and O–H groups in total. The lowest BCUT2D eigenvalue weighted by Gasteiger charge is -2.14. The fraction of sp³-hybridized carbons (Fsp3) is 0.167. The molecule has 6 nitrogen and oxygen atoms in total. The number of nitrogens with zero attached hydrogens (tertiary/aromatic N) is 1. The van der Waals surface area contributed by atoms with Crippen LogP contribution < -0.4 is 19.6 Å². The summed E-state index contributed by atoms with van der Waals surface area (Å²) in [6, 6.07) is 18.1. The van der Waals surface area contributed by atoms with Crippen LogP contribution in [0.5, 0.6) is 17.2 Å².